The zero-order valence-corrected chi connectivity index (χ0v) is 22.7. The molecule has 0 atom stereocenters. The van der Waals surface area contributed by atoms with Crippen molar-refractivity contribution >= 4 is 33.9 Å². The lowest BCUT2D eigenvalue weighted by molar-refractivity contribution is -0.0110. The highest BCUT2D eigenvalue weighted by Gasteiger charge is 2.34. The Bertz CT molecular complexity index is 1560. The van der Waals surface area contributed by atoms with Gasteiger partial charge in [-0.3, -0.25) is 9.36 Å². The molecule has 0 radical (unpaired) electrons. The second-order valence-electron chi connectivity index (χ2n) is 10.9. The molecule has 1 aromatic carbocycles. The summed E-state index contributed by atoms with van der Waals surface area (Å²) in [6.45, 7) is 6.62. The van der Waals surface area contributed by atoms with Crippen molar-refractivity contribution in [2.45, 2.75) is 38.7 Å². The van der Waals surface area contributed by atoms with Gasteiger partial charge in [-0.15, -0.1) is 0 Å². The summed E-state index contributed by atoms with van der Waals surface area (Å²) in [5.41, 5.74) is 0.841. The number of imidazole rings is 2. The number of amides is 1. The molecule has 40 heavy (non-hydrogen) atoms. The molecule has 1 amide bonds. The van der Waals surface area contributed by atoms with E-state index in [9.17, 15) is 18.7 Å². The number of halogens is 2. The summed E-state index contributed by atoms with van der Waals surface area (Å²) in [6.07, 6.45) is -1.48. The van der Waals surface area contributed by atoms with Crippen LogP contribution in [0.2, 0.25) is 0 Å². The summed E-state index contributed by atoms with van der Waals surface area (Å²) in [6, 6.07) is 6.85. The molecule has 5 heterocycles. The maximum atomic E-state index is 14.2. The van der Waals surface area contributed by atoms with Crippen LogP contribution >= 0.6 is 0 Å². The van der Waals surface area contributed by atoms with E-state index in [-0.39, 0.29) is 23.6 Å². The Morgan fingerprint density at radius 2 is 1.75 bits per heavy atom. The van der Waals surface area contributed by atoms with Crippen molar-refractivity contribution in [3.63, 3.8) is 0 Å². The molecule has 0 unspecified atom stereocenters. The summed E-state index contributed by atoms with van der Waals surface area (Å²) in [4.78, 5) is 35.7. The van der Waals surface area contributed by atoms with Gasteiger partial charge in [-0.1, -0.05) is 12.1 Å². The highest BCUT2D eigenvalue weighted by molar-refractivity contribution is 5.96. The number of morpholine rings is 1. The molecule has 2 fully saturated rings. The van der Waals surface area contributed by atoms with Gasteiger partial charge in [0.2, 0.25) is 11.8 Å². The van der Waals surface area contributed by atoms with Crippen LogP contribution in [0.25, 0.3) is 28.1 Å². The number of rotatable bonds is 5. The van der Waals surface area contributed by atoms with Crippen LogP contribution in [-0.2, 0) is 11.8 Å². The summed E-state index contributed by atoms with van der Waals surface area (Å²) in [7, 11) is 1.70. The molecule has 3 aromatic heterocycles. The lowest BCUT2D eigenvalue weighted by Crippen LogP contribution is -2.44. The van der Waals surface area contributed by atoms with Crippen molar-refractivity contribution in [3.8, 4) is 5.95 Å². The Labute approximate surface area is 229 Å². The predicted molar refractivity (Wildman–Crippen MR) is 144 cm³/mol. The Kier molecular flexibility index (Phi) is 6.65. The zero-order valence-electron chi connectivity index (χ0n) is 22.7. The van der Waals surface area contributed by atoms with Crippen LogP contribution in [0.1, 0.15) is 49.6 Å². The van der Waals surface area contributed by atoms with Gasteiger partial charge >= 0.3 is 0 Å². The predicted octanol–water partition coefficient (Wildman–Crippen LogP) is 3.10. The molecule has 4 aromatic rings. The molecule has 2 saturated heterocycles. The van der Waals surface area contributed by atoms with Crippen LogP contribution in [0.4, 0.5) is 14.6 Å². The first-order chi connectivity index (χ1) is 19.1. The van der Waals surface area contributed by atoms with Gasteiger partial charge in [0, 0.05) is 33.2 Å². The van der Waals surface area contributed by atoms with E-state index in [1.165, 1.54) is 4.57 Å². The monoisotopic (exact) mass is 554 g/mol. The van der Waals surface area contributed by atoms with E-state index in [1.54, 1.807) is 54.6 Å². The molecule has 13 heteroatoms. The number of piperidine rings is 1. The standard InChI is InChI=1S/C27H32F2N8O3/c1-27(2,39)16-8-10-36(11-9-16)25(38)24-31-19-21(34(24)3)32-26(33-22(19)35-12-14-40-15-13-35)37-18-7-5-4-6-17(18)30-23(37)20(28)29/h4-7,16,20,39H,8-15H2,1-3H3. The smallest absolute Gasteiger partial charge is 0.296 e. The van der Waals surface area contributed by atoms with Crippen LogP contribution in [0, 0.1) is 5.92 Å². The minimum atomic E-state index is -2.85. The highest BCUT2D eigenvalue weighted by atomic mass is 19.3. The number of ether oxygens (including phenoxy) is 1. The quantitative estimate of drug-likeness (QED) is 0.400. The normalized spacial score (nSPS) is 17.5. The number of carbonyl (C=O) groups is 1. The average Bonchev–Trinajstić information content (AvgIpc) is 3.50. The molecule has 212 valence electrons. The Balaban J connectivity index is 1.47. The molecule has 0 aliphatic carbocycles. The third-order valence-corrected chi connectivity index (χ3v) is 7.95. The van der Waals surface area contributed by atoms with Crippen molar-refractivity contribution in [3.05, 3.63) is 35.9 Å². The first kappa shape index (κ1) is 26.5. The van der Waals surface area contributed by atoms with E-state index in [0.29, 0.717) is 80.2 Å². The molecule has 11 nitrogen and oxygen atoms in total. The number of likely N-dealkylation sites (tertiary alicyclic amines) is 1. The van der Waals surface area contributed by atoms with Gasteiger partial charge in [0.15, 0.2) is 22.8 Å². The summed E-state index contributed by atoms with van der Waals surface area (Å²) in [5, 5.41) is 10.4. The van der Waals surface area contributed by atoms with Gasteiger partial charge in [-0.25, -0.2) is 18.7 Å². The van der Waals surface area contributed by atoms with Crippen LogP contribution < -0.4 is 4.90 Å². The summed E-state index contributed by atoms with van der Waals surface area (Å²) < 4.78 is 36.7. The maximum absolute atomic E-state index is 14.2. The molecular formula is C27H32F2N8O3. The molecule has 2 aliphatic rings. The number of aromatic nitrogens is 6. The number of nitrogens with zero attached hydrogens (tertiary/aromatic N) is 8. The first-order valence-electron chi connectivity index (χ1n) is 13.5. The number of fused-ring (bicyclic) bond motifs is 2. The fraction of sp³-hybridized carbons (Fsp3) is 0.519. The van der Waals surface area contributed by atoms with E-state index < -0.39 is 17.9 Å². The van der Waals surface area contributed by atoms with Gasteiger partial charge in [-0.05, 0) is 44.7 Å². The number of benzene rings is 1. The van der Waals surface area contributed by atoms with Gasteiger partial charge < -0.3 is 24.2 Å². The van der Waals surface area contributed by atoms with Crippen LogP contribution in [-0.4, -0.2) is 90.0 Å². The maximum Gasteiger partial charge on any atom is 0.296 e. The number of para-hydroxylation sites is 2. The molecule has 0 bridgehead atoms. The second-order valence-corrected chi connectivity index (χ2v) is 10.9. The lowest BCUT2D eigenvalue weighted by Gasteiger charge is -2.37. The molecule has 0 saturated carbocycles. The first-order valence-corrected chi connectivity index (χ1v) is 13.5. The zero-order chi connectivity index (χ0) is 28.2. The number of carbonyl (C=O) groups excluding carboxylic acids is 1. The molecular weight excluding hydrogens is 522 g/mol. The number of hydrogen-bond acceptors (Lipinski definition) is 8. The minimum absolute atomic E-state index is 0.0333. The van der Waals surface area contributed by atoms with Crippen molar-refractivity contribution in [2.24, 2.45) is 13.0 Å². The largest absolute Gasteiger partial charge is 0.390 e. The Hall–Kier alpha value is -3.71. The fourth-order valence-electron chi connectivity index (χ4n) is 5.65. The number of alkyl halides is 2. The minimum Gasteiger partial charge on any atom is -0.390 e. The molecule has 6 rings (SSSR count). The highest BCUT2D eigenvalue weighted by Crippen LogP contribution is 2.32. The van der Waals surface area contributed by atoms with Gasteiger partial charge in [-0.2, -0.15) is 9.97 Å². The fourth-order valence-corrected chi connectivity index (χ4v) is 5.65. The number of hydrogen-bond donors (Lipinski definition) is 1. The Morgan fingerprint density at radius 3 is 2.42 bits per heavy atom. The molecule has 1 N–H and O–H groups in total. The van der Waals surface area contributed by atoms with Gasteiger partial charge in [0.05, 0.1) is 29.8 Å². The third kappa shape index (κ3) is 4.56. The van der Waals surface area contributed by atoms with Crippen LogP contribution in [0.15, 0.2) is 24.3 Å². The number of aliphatic hydroxyl groups is 1. The van der Waals surface area contributed by atoms with E-state index in [4.69, 9.17) is 14.7 Å². The van der Waals surface area contributed by atoms with Gasteiger partial charge in [0.25, 0.3) is 12.3 Å². The summed E-state index contributed by atoms with van der Waals surface area (Å²) >= 11 is 0. The van der Waals surface area contributed by atoms with Gasteiger partial charge in [0.1, 0.15) is 0 Å². The number of anilines is 1. The SMILES string of the molecule is Cn1c(C(=O)N2CCC(C(C)(C)O)CC2)nc2c(N3CCOCC3)nc(-n3c(C(F)F)nc4ccccc43)nc21. The number of aryl methyl sites for hydroxylation is 1. The summed E-state index contributed by atoms with van der Waals surface area (Å²) in [5.74, 6) is 0.0874. The van der Waals surface area contributed by atoms with Crippen LogP contribution in [0.3, 0.4) is 0 Å². The molecule has 2 aliphatic heterocycles. The van der Waals surface area contributed by atoms with Crippen molar-refractivity contribution < 1.29 is 23.4 Å². The lowest BCUT2D eigenvalue weighted by atomic mass is 9.83. The molecule has 0 spiro atoms. The second kappa shape index (κ2) is 10.0. The topological polar surface area (TPSA) is 114 Å². The van der Waals surface area contributed by atoms with Crippen LogP contribution in [0.5, 0.6) is 0 Å². The van der Waals surface area contributed by atoms with Crippen molar-refractivity contribution in [2.75, 3.05) is 44.3 Å². The van der Waals surface area contributed by atoms with E-state index in [2.05, 4.69) is 9.97 Å². The third-order valence-electron chi connectivity index (χ3n) is 7.95. The Morgan fingerprint density at radius 1 is 1.05 bits per heavy atom. The average molecular weight is 555 g/mol. The van der Waals surface area contributed by atoms with E-state index in [0.717, 1.165) is 0 Å². The van der Waals surface area contributed by atoms with Crippen molar-refractivity contribution in [1.82, 2.24) is 34.0 Å². The van der Waals surface area contributed by atoms with Crippen molar-refractivity contribution in [1.29, 1.82) is 0 Å². The van der Waals surface area contributed by atoms with E-state index >= 15 is 0 Å². The van der Waals surface area contributed by atoms with E-state index in [1.807, 2.05) is 4.90 Å².